The second-order valence-corrected chi connectivity index (χ2v) is 4.91. The number of aromatic nitrogens is 3. The number of hydrogen-bond donors (Lipinski definition) is 0. The number of pyridine rings is 1. The first-order chi connectivity index (χ1) is 7.84. The van der Waals surface area contributed by atoms with Crippen molar-refractivity contribution < 1.29 is 4.74 Å². The molecule has 0 aromatic carbocycles. The molecule has 4 nitrogen and oxygen atoms in total. The zero-order valence-corrected chi connectivity index (χ0v) is 10.4. The van der Waals surface area contributed by atoms with E-state index in [1.54, 1.807) is 0 Å². The second-order valence-electron chi connectivity index (χ2n) is 4.00. The molecule has 84 valence electrons. The van der Waals surface area contributed by atoms with Crippen LogP contribution in [0.15, 0.2) is 22.9 Å². The summed E-state index contributed by atoms with van der Waals surface area (Å²) in [5.74, 6) is 0. The highest BCUT2D eigenvalue weighted by atomic mass is 79.9. The van der Waals surface area contributed by atoms with Crippen LogP contribution in [-0.2, 0) is 4.74 Å². The Balaban J connectivity index is 2.03. The summed E-state index contributed by atoms with van der Waals surface area (Å²) < 4.78 is 8.38. The lowest BCUT2D eigenvalue weighted by Gasteiger charge is -2.22. The van der Waals surface area contributed by atoms with Crippen LogP contribution < -0.4 is 0 Å². The number of ether oxygens (including phenoxy) is 1. The van der Waals surface area contributed by atoms with Crippen LogP contribution in [-0.4, -0.2) is 28.0 Å². The van der Waals surface area contributed by atoms with Gasteiger partial charge in [-0.2, -0.15) is 5.10 Å². The zero-order chi connectivity index (χ0) is 11.0. The molecule has 0 atom stereocenters. The summed E-state index contributed by atoms with van der Waals surface area (Å²) in [7, 11) is 0. The first-order valence-corrected chi connectivity index (χ1v) is 6.20. The fraction of sp³-hybridized carbons (Fsp3) is 0.455. The van der Waals surface area contributed by atoms with E-state index >= 15 is 0 Å². The van der Waals surface area contributed by atoms with Crippen LogP contribution in [0.3, 0.4) is 0 Å². The number of rotatable bonds is 1. The van der Waals surface area contributed by atoms with E-state index in [9.17, 15) is 0 Å². The van der Waals surface area contributed by atoms with Gasteiger partial charge in [0, 0.05) is 29.3 Å². The van der Waals surface area contributed by atoms with Gasteiger partial charge in [-0.15, -0.1) is 0 Å². The molecule has 0 saturated carbocycles. The molecule has 0 unspecified atom stereocenters. The van der Waals surface area contributed by atoms with Crippen molar-refractivity contribution in [3.8, 4) is 0 Å². The highest BCUT2D eigenvalue weighted by Crippen LogP contribution is 2.25. The normalized spacial score (nSPS) is 18.1. The molecule has 5 heteroatoms. The average molecular weight is 282 g/mol. The molecule has 0 N–H and O–H groups in total. The van der Waals surface area contributed by atoms with Crippen LogP contribution in [0.4, 0.5) is 0 Å². The Morgan fingerprint density at radius 3 is 2.94 bits per heavy atom. The van der Waals surface area contributed by atoms with E-state index in [0.29, 0.717) is 6.04 Å². The first kappa shape index (κ1) is 10.2. The summed E-state index contributed by atoms with van der Waals surface area (Å²) in [6.45, 7) is 1.64. The Morgan fingerprint density at radius 2 is 2.12 bits per heavy atom. The second kappa shape index (κ2) is 4.14. The fourth-order valence-electron chi connectivity index (χ4n) is 2.11. The van der Waals surface area contributed by atoms with Gasteiger partial charge in [0.05, 0.1) is 12.2 Å². The van der Waals surface area contributed by atoms with E-state index in [2.05, 4.69) is 26.0 Å². The Kier molecular flexibility index (Phi) is 2.65. The van der Waals surface area contributed by atoms with Gasteiger partial charge in [0.2, 0.25) is 0 Å². The minimum Gasteiger partial charge on any atom is -0.381 e. The van der Waals surface area contributed by atoms with Crippen molar-refractivity contribution in [2.45, 2.75) is 18.9 Å². The van der Waals surface area contributed by atoms with Gasteiger partial charge in [-0.25, -0.2) is 9.67 Å². The third-order valence-corrected chi connectivity index (χ3v) is 3.37. The third kappa shape index (κ3) is 1.74. The molecule has 1 fully saturated rings. The van der Waals surface area contributed by atoms with Gasteiger partial charge in [0.15, 0.2) is 5.65 Å². The van der Waals surface area contributed by atoms with Crippen molar-refractivity contribution in [1.82, 2.24) is 14.8 Å². The van der Waals surface area contributed by atoms with Crippen LogP contribution in [0.2, 0.25) is 0 Å². The molecule has 0 aliphatic carbocycles. The van der Waals surface area contributed by atoms with Crippen molar-refractivity contribution in [3.63, 3.8) is 0 Å². The van der Waals surface area contributed by atoms with Gasteiger partial charge in [-0.1, -0.05) is 0 Å². The van der Waals surface area contributed by atoms with Crippen molar-refractivity contribution in [3.05, 3.63) is 22.9 Å². The molecule has 2 aromatic heterocycles. The van der Waals surface area contributed by atoms with Gasteiger partial charge in [-0.05, 0) is 34.8 Å². The fourth-order valence-corrected chi connectivity index (χ4v) is 2.46. The zero-order valence-electron chi connectivity index (χ0n) is 8.77. The monoisotopic (exact) mass is 281 g/mol. The molecule has 3 rings (SSSR count). The van der Waals surface area contributed by atoms with Crippen LogP contribution in [0, 0.1) is 0 Å². The number of halogens is 1. The molecular formula is C11H12BrN3O. The van der Waals surface area contributed by atoms with E-state index in [4.69, 9.17) is 4.74 Å². The number of hydrogen-bond acceptors (Lipinski definition) is 3. The lowest BCUT2D eigenvalue weighted by molar-refractivity contribution is 0.0673. The molecular weight excluding hydrogens is 270 g/mol. The van der Waals surface area contributed by atoms with Gasteiger partial charge in [0.1, 0.15) is 0 Å². The maximum absolute atomic E-state index is 5.36. The summed E-state index contributed by atoms with van der Waals surface area (Å²) in [5, 5.41) is 5.52. The quantitative estimate of drug-likeness (QED) is 0.807. The molecule has 0 amide bonds. The molecule has 1 saturated heterocycles. The molecule has 0 bridgehead atoms. The molecule has 3 heterocycles. The summed E-state index contributed by atoms with van der Waals surface area (Å²) in [6, 6.07) is 2.48. The Morgan fingerprint density at radius 1 is 1.31 bits per heavy atom. The lowest BCUT2D eigenvalue weighted by atomic mass is 10.1. The van der Waals surface area contributed by atoms with Crippen molar-refractivity contribution in [2.24, 2.45) is 0 Å². The maximum atomic E-state index is 5.36. The predicted molar refractivity (Wildman–Crippen MR) is 64.3 cm³/mol. The average Bonchev–Trinajstić information content (AvgIpc) is 2.73. The summed E-state index contributed by atoms with van der Waals surface area (Å²) >= 11 is 3.42. The van der Waals surface area contributed by atoms with Crippen LogP contribution in [0.25, 0.3) is 11.0 Å². The molecule has 0 spiro atoms. The molecule has 2 aromatic rings. The van der Waals surface area contributed by atoms with Gasteiger partial charge >= 0.3 is 0 Å². The Labute approximate surface area is 102 Å². The summed E-state index contributed by atoms with van der Waals surface area (Å²) in [4.78, 5) is 4.43. The largest absolute Gasteiger partial charge is 0.381 e. The molecule has 0 radical (unpaired) electrons. The van der Waals surface area contributed by atoms with Crippen molar-refractivity contribution in [2.75, 3.05) is 13.2 Å². The smallest absolute Gasteiger partial charge is 0.158 e. The standard InChI is InChI=1S/C11H12BrN3O/c12-9-5-8-6-14-15(11(8)13-7-9)10-1-3-16-4-2-10/h5-7,10H,1-4H2. The highest BCUT2D eigenvalue weighted by molar-refractivity contribution is 9.10. The highest BCUT2D eigenvalue weighted by Gasteiger charge is 2.18. The topological polar surface area (TPSA) is 39.9 Å². The van der Waals surface area contributed by atoms with Gasteiger partial charge < -0.3 is 4.74 Å². The molecule has 16 heavy (non-hydrogen) atoms. The minimum atomic E-state index is 0.430. The van der Waals surface area contributed by atoms with Gasteiger partial charge in [0.25, 0.3) is 0 Å². The van der Waals surface area contributed by atoms with Crippen molar-refractivity contribution >= 4 is 27.0 Å². The molecule has 1 aliphatic rings. The van der Waals surface area contributed by atoms with E-state index in [1.807, 2.05) is 23.1 Å². The predicted octanol–water partition coefficient (Wildman–Crippen LogP) is 2.55. The molecule has 1 aliphatic heterocycles. The lowest BCUT2D eigenvalue weighted by Crippen LogP contribution is -2.20. The van der Waals surface area contributed by atoms with Crippen LogP contribution in [0.5, 0.6) is 0 Å². The van der Waals surface area contributed by atoms with E-state index in [1.165, 1.54) is 0 Å². The number of nitrogens with zero attached hydrogens (tertiary/aromatic N) is 3. The van der Waals surface area contributed by atoms with Crippen LogP contribution >= 0.6 is 15.9 Å². The summed E-state index contributed by atoms with van der Waals surface area (Å²) in [6.07, 6.45) is 5.74. The van der Waals surface area contributed by atoms with E-state index < -0.39 is 0 Å². The minimum absolute atomic E-state index is 0.430. The SMILES string of the molecule is Brc1cnc2c(cnn2C2CCOCC2)c1. The van der Waals surface area contributed by atoms with E-state index in [-0.39, 0.29) is 0 Å². The Bertz CT molecular complexity index is 505. The summed E-state index contributed by atoms with van der Waals surface area (Å²) in [5.41, 5.74) is 0.968. The number of fused-ring (bicyclic) bond motifs is 1. The first-order valence-electron chi connectivity index (χ1n) is 5.41. The third-order valence-electron chi connectivity index (χ3n) is 2.94. The van der Waals surface area contributed by atoms with Gasteiger partial charge in [-0.3, -0.25) is 0 Å². The van der Waals surface area contributed by atoms with Crippen LogP contribution in [0.1, 0.15) is 18.9 Å². The van der Waals surface area contributed by atoms with Crippen molar-refractivity contribution in [1.29, 1.82) is 0 Å². The maximum Gasteiger partial charge on any atom is 0.158 e. The Hall–Kier alpha value is -0.940. The van der Waals surface area contributed by atoms with E-state index in [0.717, 1.165) is 41.6 Å².